The van der Waals surface area contributed by atoms with E-state index in [9.17, 15) is 9.59 Å². The molecule has 0 radical (unpaired) electrons. The molecule has 0 unspecified atom stereocenters. The summed E-state index contributed by atoms with van der Waals surface area (Å²) in [7, 11) is 0. The van der Waals surface area contributed by atoms with Crippen LogP contribution in [-0.4, -0.2) is 50.1 Å². The minimum absolute atomic E-state index is 0.183. The number of rotatable bonds is 5. The Morgan fingerprint density at radius 2 is 2.06 bits per heavy atom. The molecule has 0 spiro atoms. The van der Waals surface area contributed by atoms with Gasteiger partial charge in [0.15, 0.2) is 5.65 Å². The summed E-state index contributed by atoms with van der Waals surface area (Å²) in [4.78, 5) is 35.6. The van der Waals surface area contributed by atoms with Crippen molar-refractivity contribution in [1.82, 2.24) is 30.4 Å². The van der Waals surface area contributed by atoms with Crippen LogP contribution in [0, 0.1) is 0 Å². The number of nitrogens with one attached hydrogen (secondary N) is 3. The summed E-state index contributed by atoms with van der Waals surface area (Å²) in [5.41, 5.74) is 5.10. The molecule has 33 heavy (non-hydrogen) atoms. The molecule has 5 rings (SSSR count). The smallest absolute Gasteiger partial charge is 0.322 e. The van der Waals surface area contributed by atoms with Crippen molar-refractivity contribution in [3.05, 3.63) is 83.4 Å². The van der Waals surface area contributed by atoms with Crippen molar-refractivity contribution in [2.45, 2.75) is 19.4 Å². The minimum Gasteiger partial charge on any atom is -0.352 e. The highest BCUT2D eigenvalue weighted by molar-refractivity contribution is 5.97. The summed E-state index contributed by atoms with van der Waals surface area (Å²) in [6.07, 6.45) is 8.53. The number of hydrogen-bond acceptors (Lipinski definition) is 5. The second-order valence-electron chi connectivity index (χ2n) is 7.94. The predicted molar refractivity (Wildman–Crippen MR) is 124 cm³/mol. The molecule has 0 saturated heterocycles. The van der Waals surface area contributed by atoms with Crippen molar-refractivity contribution in [2.75, 3.05) is 18.4 Å². The van der Waals surface area contributed by atoms with Crippen molar-refractivity contribution in [3.63, 3.8) is 0 Å². The topological polar surface area (TPSA) is 116 Å². The Labute approximate surface area is 190 Å². The van der Waals surface area contributed by atoms with Crippen LogP contribution in [-0.2, 0) is 19.4 Å². The van der Waals surface area contributed by atoms with Crippen molar-refractivity contribution in [3.8, 4) is 0 Å². The summed E-state index contributed by atoms with van der Waals surface area (Å²) < 4.78 is 0. The number of H-pyrrole nitrogens is 1. The zero-order chi connectivity index (χ0) is 22.6. The number of carbonyl (C=O) groups is 2. The minimum atomic E-state index is -0.206. The number of carbonyl (C=O) groups excluding carboxylic acids is 2. The Kier molecular flexibility index (Phi) is 5.67. The van der Waals surface area contributed by atoms with Crippen LogP contribution >= 0.6 is 0 Å². The van der Waals surface area contributed by atoms with Gasteiger partial charge in [-0.1, -0.05) is 12.1 Å². The van der Waals surface area contributed by atoms with Gasteiger partial charge in [-0.3, -0.25) is 14.9 Å². The summed E-state index contributed by atoms with van der Waals surface area (Å²) in [5, 5.41) is 13.8. The largest absolute Gasteiger partial charge is 0.352 e. The number of amides is 3. The average Bonchev–Trinajstić information content (AvgIpc) is 3.34. The fourth-order valence-electron chi connectivity index (χ4n) is 4.04. The molecule has 0 fully saturated rings. The maximum absolute atomic E-state index is 12.9. The number of pyridine rings is 2. The molecular weight excluding hydrogens is 418 g/mol. The van der Waals surface area contributed by atoms with Gasteiger partial charge >= 0.3 is 6.03 Å². The first-order chi connectivity index (χ1) is 16.2. The Bertz CT molecular complexity index is 1300. The summed E-state index contributed by atoms with van der Waals surface area (Å²) in [6.45, 7) is 1.58. The Morgan fingerprint density at radius 3 is 2.94 bits per heavy atom. The van der Waals surface area contributed by atoms with Gasteiger partial charge in [0.2, 0.25) is 0 Å². The molecule has 4 aromatic rings. The molecule has 3 amide bonds. The zero-order valence-electron chi connectivity index (χ0n) is 17.9. The fourth-order valence-corrected chi connectivity index (χ4v) is 4.04. The number of aromatic nitrogens is 4. The summed E-state index contributed by atoms with van der Waals surface area (Å²) >= 11 is 0. The van der Waals surface area contributed by atoms with E-state index < -0.39 is 0 Å². The lowest BCUT2D eigenvalue weighted by Crippen LogP contribution is -2.39. The van der Waals surface area contributed by atoms with E-state index in [1.54, 1.807) is 54.0 Å². The van der Waals surface area contributed by atoms with Crippen molar-refractivity contribution in [1.29, 1.82) is 0 Å². The van der Waals surface area contributed by atoms with Gasteiger partial charge in [0, 0.05) is 54.9 Å². The number of hydrogen-bond donors (Lipinski definition) is 3. The van der Waals surface area contributed by atoms with E-state index in [0.717, 1.165) is 28.6 Å². The van der Waals surface area contributed by atoms with E-state index >= 15 is 0 Å². The number of fused-ring (bicyclic) bond motifs is 3. The lowest BCUT2D eigenvalue weighted by Gasteiger charge is -2.29. The lowest BCUT2D eigenvalue weighted by molar-refractivity contribution is 0.0954. The first-order valence-electron chi connectivity index (χ1n) is 10.8. The van der Waals surface area contributed by atoms with Crippen LogP contribution in [0.4, 0.5) is 10.5 Å². The molecule has 0 bridgehead atoms. The molecule has 9 nitrogen and oxygen atoms in total. The first-order valence-corrected chi connectivity index (χ1v) is 10.8. The number of benzene rings is 1. The van der Waals surface area contributed by atoms with Crippen LogP contribution < -0.4 is 10.6 Å². The lowest BCUT2D eigenvalue weighted by atomic mass is 9.99. The number of urea groups is 1. The molecule has 166 valence electrons. The quantitative estimate of drug-likeness (QED) is 0.440. The second-order valence-corrected chi connectivity index (χ2v) is 7.94. The van der Waals surface area contributed by atoms with Gasteiger partial charge in [-0.05, 0) is 53.8 Å². The summed E-state index contributed by atoms with van der Waals surface area (Å²) in [6, 6.07) is 10.6. The number of aromatic amines is 1. The van der Waals surface area contributed by atoms with Gasteiger partial charge in [-0.2, -0.15) is 5.10 Å². The highest BCUT2D eigenvalue weighted by Crippen LogP contribution is 2.25. The van der Waals surface area contributed by atoms with Gasteiger partial charge in [-0.15, -0.1) is 0 Å². The standard InChI is InChI=1S/C24H23N7O2/c32-23(26-9-6-16-3-2-8-25-12-16)17-4-1-5-19(11-17)29-24(33)31-10-7-20-18(15-31)13-27-22-21(20)14-28-30-22/h1-5,8,11-14H,6-7,9-10,15H2,(H,26,32)(H,29,33)(H,27,28,30). The van der Waals surface area contributed by atoms with Crippen molar-refractivity contribution in [2.24, 2.45) is 0 Å². The molecule has 3 aromatic heterocycles. The van der Waals surface area contributed by atoms with Gasteiger partial charge in [-0.25, -0.2) is 9.78 Å². The van der Waals surface area contributed by atoms with Gasteiger partial charge in [0.1, 0.15) is 0 Å². The molecule has 3 N–H and O–H groups in total. The average molecular weight is 441 g/mol. The third kappa shape index (κ3) is 4.52. The Hall–Kier alpha value is -4.27. The van der Waals surface area contributed by atoms with E-state index in [1.807, 2.05) is 12.1 Å². The number of anilines is 1. The van der Waals surface area contributed by atoms with Gasteiger partial charge in [0.05, 0.1) is 6.20 Å². The fraction of sp³-hybridized carbons (Fsp3) is 0.208. The maximum Gasteiger partial charge on any atom is 0.322 e. The summed E-state index contributed by atoms with van der Waals surface area (Å²) in [5.74, 6) is -0.183. The molecule has 1 aliphatic heterocycles. The predicted octanol–water partition coefficient (Wildman–Crippen LogP) is 2.92. The SMILES string of the molecule is O=C(NCCc1cccnc1)c1cccc(NC(=O)N2CCc3c(cnc4[nH]ncc34)C2)c1. The maximum atomic E-state index is 12.9. The molecule has 4 heterocycles. The van der Waals surface area contributed by atoms with E-state index in [4.69, 9.17) is 0 Å². The molecule has 9 heteroatoms. The number of nitrogens with zero attached hydrogens (tertiary/aromatic N) is 4. The second kappa shape index (κ2) is 9.07. The van der Waals surface area contributed by atoms with Crippen LogP contribution in [0.5, 0.6) is 0 Å². The van der Waals surface area contributed by atoms with Gasteiger partial charge < -0.3 is 15.5 Å². The van der Waals surface area contributed by atoms with Crippen molar-refractivity contribution >= 4 is 28.7 Å². The zero-order valence-corrected chi connectivity index (χ0v) is 17.9. The highest BCUT2D eigenvalue weighted by atomic mass is 16.2. The van der Waals surface area contributed by atoms with E-state index in [2.05, 4.69) is 30.8 Å². The normalized spacial score (nSPS) is 12.9. The first kappa shape index (κ1) is 20.6. The van der Waals surface area contributed by atoms with Crippen LogP contribution in [0.25, 0.3) is 11.0 Å². The molecule has 0 atom stereocenters. The van der Waals surface area contributed by atoms with E-state index in [-0.39, 0.29) is 11.9 Å². The van der Waals surface area contributed by atoms with E-state index in [0.29, 0.717) is 37.3 Å². The van der Waals surface area contributed by atoms with Crippen LogP contribution in [0.3, 0.4) is 0 Å². The molecule has 0 saturated carbocycles. The van der Waals surface area contributed by atoms with Crippen LogP contribution in [0.15, 0.2) is 61.2 Å². The highest BCUT2D eigenvalue weighted by Gasteiger charge is 2.23. The van der Waals surface area contributed by atoms with E-state index in [1.165, 1.54) is 5.56 Å². The Balaban J connectivity index is 1.19. The molecule has 1 aliphatic rings. The van der Waals surface area contributed by atoms with Crippen LogP contribution in [0.1, 0.15) is 27.0 Å². The van der Waals surface area contributed by atoms with Crippen LogP contribution in [0.2, 0.25) is 0 Å². The van der Waals surface area contributed by atoms with Crippen molar-refractivity contribution < 1.29 is 9.59 Å². The molecule has 0 aliphatic carbocycles. The monoisotopic (exact) mass is 441 g/mol. The molecular formula is C24H23N7O2. The third-order valence-electron chi connectivity index (χ3n) is 5.76. The molecule has 1 aromatic carbocycles. The third-order valence-corrected chi connectivity index (χ3v) is 5.76. The Morgan fingerprint density at radius 1 is 1.12 bits per heavy atom. The van der Waals surface area contributed by atoms with Gasteiger partial charge in [0.25, 0.3) is 5.91 Å².